The summed E-state index contributed by atoms with van der Waals surface area (Å²) < 4.78 is 0. The maximum Gasteiger partial charge on any atom is 0.248 e. The van der Waals surface area contributed by atoms with Crippen LogP contribution in [0.4, 0.5) is 0 Å². The summed E-state index contributed by atoms with van der Waals surface area (Å²) in [5, 5.41) is 9.01. The summed E-state index contributed by atoms with van der Waals surface area (Å²) in [6.07, 6.45) is 2.63. The standard InChI is InChI=1S/C18H24N2O3/c1-19-13-18(7-9-20(10-8-18)16(22)12-21)11-15(17(19)23)14-5-3-2-4-6-14/h2-6,15,21H,7-13H2,1H3. The highest BCUT2D eigenvalue weighted by atomic mass is 16.3. The van der Waals surface area contributed by atoms with E-state index in [1.165, 1.54) is 0 Å². The van der Waals surface area contributed by atoms with E-state index in [-0.39, 0.29) is 23.1 Å². The Balaban J connectivity index is 1.77. The Hall–Kier alpha value is -1.88. The number of aliphatic hydroxyl groups excluding tert-OH is 1. The van der Waals surface area contributed by atoms with Crippen molar-refractivity contribution in [2.24, 2.45) is 5.41 Å². The van der Waals surface area contributed by atoms with Gasteiger partial charge >= 0.3 is 0 Å². The van der Waals surface area contributed by atoms with Crippen molar-refractivity contribution in [1.82, 2.24) is 9.80 Å². The Morgan fingerprint density at radius 2 is 1.91 bits per heavy atom. The maximum atomic E-state index is 12.6. The van der Waals surface area contributed by atoms with Gasteiger partial charge in [-0.05, 0) is 30.2 Å². The highest BCUT2D eigenvalue weighted by Crippen LogP contribution is 2.45. The molecule has 1 aromatic carbocycles. The molecule has 1 N–H and O–H groups in total. The van der Waals surface area contributed by atoms with E-state index in [2.05, 4.69) is 0 Å². The van der Waals surface area contributed by atoms with Crippen molar-refractivity contribution in [3.63, 3.8) is 0 Å². The zero-order valence-corrected chi connectivity index (χ0v) is 13.6. The highest BCUT2D eigenvalue weighted by Gasteiger charge is 2.45. The van der Waals surface area contributed by atoms with Crippen LogP contribution in [0.25, 0.3) is 0 Å². The molecule has 3 rings (SSSR count). The minimum absolute atomic E-state index is 0.0788. The van der Waals surface area contributed by atoms with Gasteiger partial charge in [0.15, 0.2) is 0 Å². The second-order valence-electron chi connectivity index (χ2n) is 6.90. The Kier molecular flexibility index (Phi) is 4.39. The fourth-order valence-corrected chi connectivity index (χ4v) is 4.07. The van der Waals surface area contributed by atoms with E-state index in [1.807, 2.05) is 42.3 Å². The molecule has 0 aromatic heterocycles. The molecule has 1 aromatic rings. The lowest BCUT2D eigenvalue weighted by atomic mass is 9.67. The number of amides is 2. The largest absolute Gasteiger partial charge is 0.387 e. The van der Waals surface area contributed by atoms with Gasteiger partial charge in [0.1, 0.15) is 6.61 Å². The van der Waals surface area contributed by atoms with Crippen LogP contribution >= 0.6 is 0 Å². The topological polar surface area (TPSA) is 60.9 Å². The molecule has 1 unspecified atom stereocenters. The number of hydrogen-bond acceptors (Lipinski definition) is 3. The summed E-state index contributed by atoms with van der Waals surface area (Å²) in [6, 6.07) is 9.98. The smallest absolute Gasteiger partial charge is 0.248 e. The summed E-state index contributed by atoms with van der Waals surface area (Å²) in [5.74, 6) is -0.0922. The van der Waals surface area contributed by atoms with E-state index in [0.29, 0.717) is 13.1 Å². The lowest BCUT2D eigenvalue weighted by Crippen LogP contribution is -2.53. The molecule has 1 spiro atoms. The minimum Gasteiger partial charge on any atom is -0.387 e. The van der Waals surface area contributed by atoms with E-state index in [9.17, 15) is 9.59 Å². The van der Waals surface area contributed by atoms with Gasteiger partial charge in [-0.25, -0.2) is 0 Å². The van der Waals surface area contributed by atoms with Gasteiger partial charge in [-0.1, -0.05) is 30.3 Å². The first-order chi connectivity index (χ1) is 11.0. The second kappa shape index (κ2) is 6.32. The van der Waals surface area contributed by atoms with E-state index >= 15 is 0 Å². The molecule has 2 aliphatic heterocycles. The van der Waals surface area contributed by atoms with Crippen molar-refractivity contribution in [3.8, 4) is 0 Å². The van der Waals surface area contributed by atoms with Crippen LogP contribution < -0.4 is 0 Å². The van der Waals surface area contributed by atoms with Gasteiger partial charge in [0.2, 0.25) is 11.8 Å². The molecule has 2 amide bonds. The van der Waals surface area contributed by atoms with Crippen molar-refractivity contribution in [2.45, 2.75) is 25.2 Å². The fourth-order valence-electron chi connectivity index (χ4n) is 4.07. The first-order valence-corrected chi connectivity index (χ1v) is 8.23. The molecule has 5 nitrogen and oxygen atoms in total. The number of piperidine rings is 2. The Morgan fingerprint density at radius 1 is 1.26 bits per heavy atom. The number of aliphatic hydroxyl groups is 1. The maximum absolute atomic E-state index is 12.6. The average molecular weight is 316 g/mol. The van der Waals surface area contributed by atoms with Gasteiger partial charge < -0.3 is 14.9 Å². The first kappa shape index (κ1) is 16.0. The number of benzene rings is 1. The molecular formula is C18H24N2O3. The molecule has 0 saturated carbocycles. The van der Waals surface area contributed by atoms with Crippen LogP contribution in [0, 0.1) is 5.41 Å². The van der Waals surface area contributed by atoms with Gasteiger partial charge in [-0.3, -0.25) is 9.59 Å². The highest BCUT2D eigenvalue weighted by molar-refractivity contribution is 5.84. The van der Waals surface area contributed by atoms with Gasteiger partial charge in [-0.15, -0.1) is 0 Å². The molecule has 5 heteroatoms. The molecule has 2 saturated heterocycles. The Morgan fingerprint density at radius 3 is 2.52 bits per heavy atom. The third-order valence-corrected chi connectivity index (χ3v) is 5.40. The summed E-state index contributed by atoms with van der Waals surface area (Å²) >= 11 is 0. The zero-order valence-electron chi connectivity index (χ0n) is 13.6. The number of carbonyl (C=O) groups excluding carboxylic acids is 2. The predicted octanol–water partition coefficient (Wildman–Crippen LogP) is 1.23. The minimum atomic E-state index is -0.419. The van der Waals surface area contributed by atoms with E-state index in [0.717, 1.165) is 31.4 Å². The quantitative estimate of drug-likeness (QED) is 0.893. The number of likely N-dealkylation sites (tertiary alicyclic amines) is 2. The molecule has 2 heterocycles. The van der Waals surface area contributed by atoms with Gasteiger partial charge in [0, 0.05) is 26.7 Å². The lowest BCUT2D eigenvalue weighted by Gasteiger charge is -2.49. The summed E-state index contributed by atoms with van der Waals surface area (Å²) in [6.45, 7) is 1.68. The fraction of sp³-hybridized carbons (Fsp3) is 0.556. The monoisotopic (exact) mass is 316 g/mol. The second-order valence-corrected chi connectivity index (χ2v) is 6.90. The molecule has 0 aliphatic carbocycles. The van der Waals surface area contributed by atoms with Crippen LogP contribution in [-0.2, 0) is 9.59 Å². The number of nitrogens with zero attached hydrogens (tertiary/aromatic N) is 2. The Labute approximate surface area is 136 Å². The van der Waals surface area contributed by atoms with Crippen LogP contribution in [0.1, 0.15) is 30.7 Å². The summed E-state index contributed by atoms with van der Waals surface area (Å²) in [5.41, 5.74) is 1.16. The number of hydrogen-bond donors (Lipinski definition) is 1. The normalized spacial score (nSPS) is 24.1. The third-order valence-electron chi connectivity index (χ3n) is 5.40. The molecule has 23 heavy (non-hydrogen) atoms. The summed E-state index contributed by atoms with van der Waals surface area (Å²) in [4.78, 5) is 27.8. The summed E-state index contributed by atoms with van der Waals surface area (Å²) in [7, 11) is 1.88. The van der Waals surface area contributed by atoms with E-state index < -0.39 is 6.61 Å². The van der Waals surface area contributed by atoms with Crippen LogP contribution in [0.15, 0.2) is 30.3 Å². The molecule has 1 atom stereocenters. The van der Waals surface area contributed by atoms with Crippen molar-refractivity contribution >= 4 is 11.8 Å². The van der Waals surface area contributed by atoms with Gasteiger partial charge in [0.25, 0.3) is 0 Å². The van der Waals surface area contributed by atoms with Crippen molar-refractivity contribution in [1.29, 1.82) is 0 Å². The molecular weight excluding hydrogens is 292 g/mol. The van der Waals surface area contributed by atoms with Crippen molar-refractivity contribution in [2.75, 3.05) is 33.3 Å². The molecule has 0 radical (unpaired) electrons. The van der Waals surface area contributed by atoms with E-state index in [4.69, 9.17) is 5.11 Å². The average Bonchev–Trinajstić information content (AvgIpc) is 2.59. The van der Waals surface area contributed by atoms with Crippen LogP contribution in [0.2, 0.25) is 0 Å². The molecule has 2 fully saturated rings. The number of carbonyl (C=O) groups is 2. The first-order valence-electron chi connectivity index (χ1n) is 8.23. The Bertz CT molecular complexity index is 579. The van der Waals surface area contributed by atoms with Crippen LogP contribution in [0.5, 0.6) is 0 Å². The third kappa shape index (κ3) is 3.11. The zero-order chi connectivity index (χ0) is 16.4. The van der Waals surface area contributed by atoms with Gasteiger partial charge in [-0.2, -0.15) is 0 Å². The predicted molar refractivity (Wildman–Crippen MR) is 86.8 cm³/mol. The van der Waals surface area contributed by atoms with Crippen molar-refractivity contribution < 1.29 is 14.7 Å². The molecule has 0 bridgehead atoms. The molecule has 124 valence electrons. The number of rotatable bonds is 2. The van der Waals surface area contributed by atoms with Crippen LogP contribution in [0.3, 0.4) is 0 Å². The van der Waals surface area contributed by atoms with Gasteiger partial charge in [0.05, 0.1) is 5.92 Å². The number of likely N-dealkylation sites (N-methyl/N-ethyl adjacent to an activating group) is 1. The SMILES string of the molecule is CN1CC2(CCN(C(=O)CO)CC2)CC(c2ccccc2)C1=O. The lowest BCUT2D eigenvalue weighted by molar-refractivity contribution is -0.144. The van der Waals surface area contributed by atoms with Crippen molar-refractivity contribution in [3.05, 3.63) is 35.9 Å². The van der Waals surface area contributed by atoms with E-state index in [1.54, 1.807) is 4.90 Å². The van der Waals surface area contributed by atoms with Crippen LogP contribution in [-0.4, -0.2) is 60.0 Å². The molecule has 2 aliphatic rings.